The van der Waals surface area contributed by atoms with Crippen LogP contribution in [0.25, 0.3) is 48.6 Å². The number of rotatable bonds is 6. The molecule has 0 bridgehead atoms. The van der Waals surface area contributed by atoms with Gasteiger partial charge in [0.2, 0.25) is 11.8 Å². The second-order valence-electron chi connectivity index (χ2n) is 12.9. The topological polar surface area (TPSA) is 91.6 Å². The van der Waals surface area contributed by atoms with Crippen LogP contribution in [0, 0.1) is 23.7 Å². The fraction of sp³-hybridized carbons (Fsp3) is 0.378. The molecule has 2 aliphatic heterocycles. The molecule has 2 aliphatic rings. The van der Waals surface area contributed by atoms with Crippen molar-refractivity contribution in [3.63, 3.8) is 0 Å². The summed E-state index contributed by atoms with van der Waals surface area (Å²) in [5.74, 6) is -0.381. The van der Waals surface area contributed by atoms with Gasteiger partial charge in [0.05, 0.1) is 47.2 Å². The summed E-state index contributed by atoms with van der Waals surface area (Å²) in [6, 6.07) is 14.7. The number of hydrogen-bond acceptors (Lipinski definition) is 6. The number of piperidine rings is 1. The first kappa shape index (κ1) is 31.8. The van der Waals surface area contributed by atoms with Crippen molar-refractivity contribution in [1.82, 2.24) is 24.6 Å². The van der Waals surface area contributed by atoms with E-state index in [0.29, 0.717) is 58.2 Å². The average Bonchev–Trinajstić information content (AvgIpc) is 3.72. The lowest BCUT2D eigenvalue weighted by atomic mass is 9.94. The maximum Gasteiger partial charge on any atom is 0.225 e. The zero-order valence-corrected chi connectivity index (χ0v) is 27.8. The van der Waals surface area contributed by atoms with Crippen molar-refractivity contribution in [2.24, 2.45) is 0 Å². The number of halogens is 2. The lowest BCUT2D eigenvalue weighted by molar-refractivity contribution is -0.132. The van der Waals surface area contributed by atoms with Crippen molar-refractivity contribution >= 4 is 55.8 Å². The largest absolute Gasteiger partial charge is 0.472 e. The fourth-order valence-corrected chi connectivity index (χ4v) is 8.13. The summed E-state index contributed by atoms with van der Waals surface area (Å²) < 4.78 is 25.6. The summed E-state index contributed by atoms with van der Waals surface area (Å²) in [6.45, 7) is 12.8. The maximum absolute atomic E-state index is 17.2. The number of amides is 1. The van der Waals surface area contributed by atoms with E-state index in [0.717, 1.165) is 24.8 Å². The Bertz CT molecular complexity index is 2160. The summed E-state index contributed by atoms with van der Waals surface area (Å²) in [5.41, 5.74) is 1.83. The number of hydrogen-bond donors (Lipinski definition) is 0. The molecule has 0 spiro atoms. The predicted octanol–water partition coefficient (Wildman–Crippen LogP) is 8.08. The highest BCUT2D eigenvalue weighted by Gasteiger charge is 2.34. The number of likely N-dealkylation sites (N-methyl/N-ethyl adjacent to an activating group) is 1. The van der Waals surface area contributed by atoms with Gasteiger partial charge in [0.1, 0.15) is 11.6 Å². The van der Waals surface area contributed by atoms with Crippen molar-refractivity contribution in [1.29, 1.82) is 5.26 Å². The molecule has 1 amide bonds. The molecule has 3 aromatic carbocycles. The third-order valence-corrected chi connectivity index (χ3v) is 10.4. The Kier molecular flexibility index (Phi) is 8.41. The number of aromatic nitrogens is 3. The van der Waals surface area contributed by atoms with Gasteiger partial charge in [-0.15, -0.1) is 0 Å². The van der Waals surface area contributed by atoms with E-state index >= 15 is 4.39 Å². The lowest BCUT2D eigenvalue weighted by Crippen LogP contribution is -2.45. The number of ether oxygens (including phenoxy) is 1. The van der Waals surface area contributed by atoms with Gasteiger partial charge >= 0.3 is 0 Å². The Balaban J connectivity index is 1.45. The number of nitrogens with zero attached hydrogens (tertiary/aromatic N) is 7. The van der Waals surface area contributed by atoms with E-state index in [1.807, 2.05) is 35.9 Å². The van der Waals surface area contributed by atoms with Crippen molar-refractivity contribution in [2.45, 2.75) is 70.2 Å². The van der Waals surface area contributed by atoms with Gasteiger partial charge in [0.15, 0.2) is 11.5 Å². The van der Waals surface area contributed by atoms with Crippen LogP contribution in [0.3, 0.4) is 0 Å². The van der Waals surface area contributed by atoms with Crippen molar-refractivity contribution in [3.05, 3.63) is 70.9 Å². The molecule has 0 aliphatic carbocycles. The standard InChI is InChI=1S/C37H35ClFN7O2/c1-21(31-12-7-16-44(31)4)48-37-28-20-42-46(25-14-17-45(22(2)47)24(18-25)13-15-40)36(28)27-19-29(38)33(34(39)35(27)43-37)26-10-5-8-23-9-6-11-30(41-3)32(23)26/h5-6,8-11,19-21,24-25,31H,7,12-14,16-18H2,1-2,4H3/t21-,24+,25-,31-/m0/s1. The highest BCUT2D eigenvalue weighted by molar-refractivity contribution is 6.35. The summed E-state index contributed by atoms with van der Waals surface area (Å²) in [6.07, 6.45) is 4.90. The zero-order valence-electron chi connectivity index (χ0n) is 27.1. The quantitative estimate of drug-likeness (QED) is 0.171. The van der Waals surface area contributed by atoms with Gasteiger partial charge in [-0.1, -0.05) is 48.0 Å². The Morgan fingerprint density at radius 2 is 2.02 bits per heavy atom. The van der Waals surface area contributed by atoms with Crippen LogP contribution in [-0.4, -0.2) is 68.8 Å². The maximum atomic E-state index is 17.2. The molecule has 0 saturated carbocycles. The van der Waals surface area contributed by atoms with Crippen molar-refractivity contribution in [3.8, 4) is 23.1 Å². The highest BCUT2D eigenvalue weighted by Crippen LogP contribution is 2.45. The van der Waals surface area contributed by atoms with Gasteiger partial charge in [-0.2, -0.15) is 10.4 Å². The Morgan fingerprint density at radius 3 is 2.73 bits per heavy atom. The van der Waals surface area contributed by atoms with Crippen LogP contribution in [-0.2, 0) is 4.79 Å². The van der Waals surface area contributed by atoms with Gasteiger partial charge in [-0.05, 0) is 68.6 Å². The molecule has 48 heavy (non-hydrogen) atoms. The lowest BCUT2D eigenvalue weighted by Gasteiger charge is -2.38. The van der Waals surface area contributed by atoms with Crippen LogP contribution in [0.4, 0.5) is 10.1 Å². The van der Waals surface area contributed by atoms with Gasteiger partial charge in [-0.3, -0.25) is 14.4 Å². The van der Waals surface area contributed by atoms with E-state index in [2.05, 4.69) is 22.9 Å². The second-order valence-corrected chi connectivity index (χ2v) is 13.3. The van der Waals surface area contributed by atoms with Crippen molar-refractivity contribution < 1.29 is 13.9 Å². The SMILES string of the molecule is [C-]#[N+]c1cccc2cccc(-c3c(Cl)cc4c(nc(O[C@@H](C)[C@@H]5CCCN5C)c5cnn([C@H]6CCN(C(C)=O)[C@H](CC#N)C6)c54)c3F)c12. The van der Waals surface area contributed by atoms with Gasteiger partial charge in [-0.25, -0.2) is 14.2 Å². The molecule has 7 rings (SSSR count). The van der Waals surface area contributed by atoms with Crippen LogP contribution in [0.5, 0.6) is 5.88 Å². The van der Waals surface area contributed by atoms with Gasteiger partial charge < -0.3 is 9.64 Å². The van der Waals surface area contributed by atoms with Crippen LogP contribution in [0.2, 0.25) is 5.02 Å². The number of carbonyl (C=O) groups is 1. The first-order valence-corrected chi connectivity index (χ1v) is 16.7. The molecule has 9 nitrogen and oxygen atoms in total. The summed E-state index contributed by atoms with van der Waals surface area (Å²) >= 11 is 7.00. The molecule has 244 valence electrons. The molecule has 0 N–H and O–H groups in total. The smallest absolute Gasteiger partial charge is 0.225 e. The fourth-order valence-electron chi connectivity index (χ4n) is 7.83. The molecule has 4 heterocycles. The van der Waals surface area contributed by atoms with Crippen molar-refractivity contribution in [2.75, 3.05) is 20.1 Å². The summed E-state index contributed by atoms with van der Waals surface area (Å²) in [4.78, 5) is 25.0. The molecule has 2 aromatic heterocycles. The number of likely N-dealkylation sites (tertiary alicyclic amines) is 2. The molecule has 11 heteroatoms. The van der Waals surface area contributed by atoms with E-state index in [1.54, 1.807) is 29.3 Å². The van der Waals surface area contributed by atoms with Gasteiger partial charge in [0.25, 0.3) is 0 Å². The molecule has 5 aromatic rings. The Hall–Kier alpha value is -4.77. The number of benzene rings is 3. The van der Waals surface area contributed by atoms with Crippen LogP contribution in [0.1, 0.15) is 52.0 Å². The monoisotopic (exact) mass is 663 g/mol. The number of nitriles is 1. The molecular formula is C37H35ClFN7O2. The molecule has 0 radical (unpaired) electrons. The number of pyridine rings is 1. The van der Waals surface area contributed by atoms with E-state index in [1.165, 1.54) is 6.92 Å². The Morgan fingerprint density at radius 1 is 1.23 bits per heavy atom. The minimum absolute atomic E-state index is 0.0635. The highest BCUT2D eigenvalue weighted by atomic mass is 35.5. The van der Waals surface area contributed by atoms with E-state index in [9.17, 15) is 10.1 Å². The third kappa shape index (κ3) is 5.30. The first-order chi connectivity index (χ1) is 23.2. The number of fused-ring (bicyclic) bond motifs is 4. The first-order valence-electron chi connectivity index (χ1n) is 16.3. The minimum Gasteiger partial charge on any atom is -0.472 e. The molecule has 2 saturated heterocycles. The zero-order chi connectivity index (χ0) is 33.7. The summed E-state index contributed by atoms with van der Waals surface area (Å²) in [5, 5.41) is 17.1. The van der Waals surface area contributed by atoms with Crippen LogP contribution >= 0.6 is 11.6 Å². The summed E-state index contributed by atoms with van der Waals surface area (Å²) in [7, 11) is 2.08. The van der Waals surface area contributed by atoms with Crippen LogP contribution < -0.4 is 4.74 Å². The van der Waals surface area contributed by atoms with E-state index < -0.39 is 5.82 Å². The molecule has 0 unspecified atom stereocenters. The third-order valence-electron chi connectivity index (χ3n) is 10.1. The predicted molar refractivity (Wildman–Crippen MR) is 185 cm³/mol. The second kappa shape index (κ2) is 12.7. The number of carbonyl (C=O) groups excluding carboxylic acids is 1. The molecular weight excluding hydrogens is 629 g/mol. The molecule has 2 fully saturated rings. The van der Waals surface area contributed by atoms with Crippen LogP contribution in [0.15, 0.2) is 48.7 Å². The van der Waals surface area contributed by atoms with E-state index in [4.69, 9.17) is 33.0 Å². The average molecular weight is 664 g/mol. The van der Waals surface area contributed by atoms with Gasteiger partial charge in [0, 0.05) is 36.5 Å². The Labute approximate surface area is 283 Å². The normalized spacial score (nSPS) is 20.6. The van der Waals surface area contributed by atoms with E-state index in [-0.39, 0.29) is 52.7 Å². The molecule has 4 atom stereocenters. The minimum atomic E-state index is -0.608.